The van der Waals surface area contributed by atoms with Gasteiger partial charge < -0.3 is 10.6 Å². The van der Waals surface area contributed by atoms with Crippen molar-refractivity contribution in [1.29, 1.82) is 0 Å². The lowest BCUT2D eigenvalue weighted by atomic mass is 10.1. The summed E-state index contributed by atoms with van der Waals surface area (Å²) in [6.07, 6.45) is 0.863. The highest BCUT2D eigenvalue weighted by Gasteiger charge is 2.29. The third-order valence-corrected chi connectivity index (χ3v) is 5.12. The summed E-state index contributed by atoms with van der Waals surface area (Å²) in [5.41, 5.74) is 7.50. The molecule has 2 N–H and O–H groups in total. The van der Waals surface area contributed by atoms with Crippen molar-refractivity contribution in [2.75, 3.05) is 18.8 Å². The van der Waals surface area contributed by atoms with E-state index in [4.69, 9.17) is 5.73 Å². The Bertz CT molecular complexity index is 432. The molecular weight excluding hydrogens is 256 g/mol. The molecule has 19 heavy (non-hydrogen) atoms. The van der Waals surface area contributed by atoms with E-state index < -0.39 is 0 Å². The Kier molecular flexibility index (Phi) is 4.88. The molecule has 3 nitrogen and oxygen atoms in total. The molecular formula is C15H22N2OS. The monoisotopic (exact) mass is 278 g/mol. The van der Waals surface area contributed by atoms with E-state index in [9.17, 15) is 4.79 Å². The SMILES string of the molecule is CC1SCCN(C(=O)c2ccc(CCN)cc2)C1C. The Morgan fingerprint density at radius 3 is 2.68 bits per heavy atom. The summed E-state index contributed by atoms with van der Waals surface area (Å²) in [6.45, 7) is 5.82. The van der Waals surface area contributed by atoms with Gasteiger partial charge in [0.05, 0.1) is 0 Å². The number of rotatable bonds is 3. The first-order chi connectivity index (χ1) is 9.13. The highest BCUT2D eigenvalue weighted by molar-refractivity contribution is 8.00. The molecule has 0 spiro atoms. The minimum atomic E-state index is 0.152. The van der Waals surface area contributed by atoms with Crippen LogP contribution < -0.4 is 5.73 Å². The van der Waals surface area contributed by atoms with Crippen molar-refractivity contribution in [3.63, 3.8) is 0 Å². The van der Waals surface area contributed by atoms with Crippen LogP contribution in [0.25, 0.3) is 0 Å². The number of thioether (sulfide) groups is 1. The van der Waals surface area contributed by atoms with Crippen LogP contribution in [-0.2, 0) is 6.42 Å². The summed E-state index contributed by atoms with van der Waals surface area (Å²) in [4.78, 5) is 14.5. The number of hydrogen-bond donors (Lipinski definition) is 1. The summed E-state index contributed by atoms with van der Waals surface area (Å²) in [5, 5.41) is 0.509. The molecule has 1 aliphatic rings. The molecule has 0 radical (unpaired) electrons. The van der Waals surface area contributed by atoms with Gasteiger partial charge in [-0.1, -0.05) is 19.1 Å². The van der Waals surface area contributed by atoms with Gasteiger partial charge in [0.1, 0.15) is 0 Å². The Morgan fingerprint density at radius 2 is 2.05 bits per heavy atom. The minimum absolute atomic E-state index is 0.152. The predicted octanol–water partition coefficient (Wildman–Crippen LogP) is 2.15. The summed E-state index contributed by atoms with van der Waals surface area (Å²) < 4.78 is 0. The fourth-order valence-electron chi connectivity index (χ4n) is 2.37. The Balaban J connectivity index is 2.10. The second-order valence-corrected chi connectivity index (χ2v) is 6.54. The van der Waals surface area contributed by atoms with Gasteiger partial charge in [-0.15, -0.1) is 0 Å². The molecule has 0 aromatic heterocycles. The van der Waals surface area contributed by atoms with Gasteiger partial charge in [-0.3, -0.25) is 4.79 Å². The Morgan fingerprint density at radius 1 is 1.37 bits per heavy atom. The molecule has 2 unspecified atom stereocenters. The number of benzene rings is 1. The van der Waals surface area contributed by atoms with Crippen LogP contribution in [0.2, 0.25) is 0 Å². The van der Waals surface area contributed by atoms with E-state index in [1.807, 2.05) is 40.9 Å². The van der Waals surface area contributed by atoms with Crippen molar-refractivity contribution in [2.24, 2.45) is 5.73 Å². The predicted molar refractivity (Wildman–Crippen MR) is 81.6 cm³/mol. The topological polar surface area (TPSA) is 46.3 Å². The van der Waals surface area contributed by atoms with Crippen LogP contribution in [0.1, 0.15) is 29.8 Å². The molecule has 1 fully saturated rings. The lowest BCUT2D eigenvalue weighted by Crippen LogP contribution is -2.47. The molecule has 1 heterocycles. The van der Waals surface area contributed by atoms with E-state index >= 15 is 0 Å². The zero-order valence-electron chi connectivity index (χ0n) is 11.6. The number of hydrogen-bond acceptors (Lipinski definition) is 3. The maximum absolute atomic E-state index is 12.5. The van der Waals surface area contributed by atoms with Crippen LogP contribution in [-0.4, -0.2) is 40.9 Å². The van der Waals surface area contributed by atoms with Crippen LogP contribution in [0.3, 0.4) is 0 Å². The van der Waals surface area contributed by atoms with Crippen LogP contribution >= 0.6 is 11.8 Å². The molecule has 1 aromatic rings. The second-order valence-electron chi connectivity index (χ2n) is 5.05. The fraction of sp³-hybridized carbons (Fsp3) is 0.533. The van der Waals surface area contributed by atoms with Crippen LogP contribution in [0.5, 0.6) is 0 Å². The standard InChI is InChI=1S/C15H22N2OS/c1-11-12(2)19-10-9-17(11)15(18)14-5-3-13(4-6-14)7-8-16/h3-6,11-12H,7-10,16H2,1-2H3. The van der Waals surface area contributed by atoms with Gasteiger partial charge in [-0.25, -0.2) is 0 Å². The molecule has 1 aromatic carbocycles. The Labute approximate surface area is 119 Å². The lowest BCUT2D eigenvalue weighted by molar-refractivity contribution is 0.0698. The summed E-state index contributed by atoms with van der Waals surface area (Å²) in [5.74, 6) is 1.18. The van der Waals surface area contributed by atoms with Gasteiger partial charge in [0.15, 0.2) is 0 Å². The average molecular weight is 278 g/mol. The molecule has 4 heteroatoms. The van der Waals surface area contributed by atoms with Crippen molar-refractivity contribution in [3.8, 4) is 0 Å². The molecule has 0 bridgehead atoms. The third kappa shape index (κ3) is 3.31. The maximum atomic E-state index is 12.5. The lowest BCUT2D eigenvalue weighted by Gasteiger charge is -2.37. The van der Waals surface area contributed by atoms with Gasteiger partial charge in [0.25, 0.3) is 5.91 Å². The maximum Gasteiger partial charge on any atom is 0.254 e. The summed E-state index contributed by atoms with van der Waals surface area (Å²) in [6, 6.07) is 8.16. The average Bonchev–Trinajstić information content (AvgIpc) is 2.42. The molecule has 104 valence electrons. The first-order valence-electron chi connectivity index (χ1n) is 6.85. The zero-order valence-corrected chi connectivity index (χ0v) is 12.5. The highest BCUT2D eigenvalue weighted by atomic mass is 32.2. The molecule has 2 atom stereocenters. The molecule has 1 aliphatic heterocycles. The molecule has 1 saturated heterocycles. The molecule has 1 amide bonds. The normalized spacial score (nSPS) is 23.4. The second kappa shape index (κ2) is 6.44. The van der Waals surface area contributed by atoms with Crippen LogP contribution in [0.15, 0.2) is 24.3 Å². The number of amides is 1. The smallest absolute Gasteiger partial charge is 0.254 e. The summed E-state index contributed by atoms with van der Waals surface area (Å²) >= 11 is 1.94. The fourth-order valence-corrected chi connectivity index (χ4v) is 3.47. The van der Waals surface area contributed by atoms with Gasteiger partial charge in [0.2, 0.25) is 0 Å². The van der Waals surface area contributed by atoms with Crippen LogP contribution in [0.4, 0.5) is 0 Å². The largest absolute Gasteiger partial charge is 0.334 e. The first kappa shape index (κ1) is 14.4. The highest BCUT2D eigenvalue weighted by Crippen LogP contribution is 2.25. The van der Waals surface area contributed by atoms with Gasteiger partial charge in [-0.05, 0) is 37.6 Å². The molecule has 0 saturated carbocycles. The van der Waals surface area contributed by atoms with Crippen molar-refractivity contribution in [2.45, 2.75) is 31.6 Å². The number of nitrogens with two attached hydrogens (primary N) is 1. The van der Waals surface area contributed by atoms with E-state index in [0.717, 1.165) is 24.3 Å². The molecule has 0 aliphatic carbocycles. The number of carbonyl (C=O) groups excluding carboxylic acids is 1. The third-order valence-electron chi connectivity index (χ3n) is 3.78. The summed E-state index contributed by atoms with van der Waals surface area (Å²) in [7, 11) is 0. The van der Waals surface area contributed by atoms with Gasteiger partial charge in [0, 0.05) is 29.2 Å². The number of nitrogens with zero attached hydrogens (tertiary/aromatic N) is 1. The van der Waals surface area contributed by atoms with Gasteiger partial charge >= 0.3 is 0 Å². The van der Waals surface area contributed by atoms with Crippen molar-refractivity contribution >= 4 is 17.7 Å². The van der Waals surface area contributed by atoms with E-state index in [0.29, 0.717) is 17.8 Å². The van der Waals surface area contributed by atoms with E-state index in [2.05, 4.69) is 13.8 Å². The van der Waals surface area contributed by atoms with Crippen molar-refractivity contribution in [3.05, 3.63) is 35.4 Å². The van der Waals surface area contributed by atoms with E-state index in [1.165, 1.54) is 5.56 Å². The first-order valence-corrected chi connectivity index (χ1v) is 7.90. The van der Waals surface area contributed by atoms with Crippen molar-refractivity contribution in [1.82, 2.24) is 4.90 Å². The van der Waals surface area contributed by atoms with E-state index in [1.54, 1.807) is 0 Å². The number of carbonyl (C=O) groups is 1. The van der Waals surface area contributed by atoms with Gasteiger partial charge in [-0.2, -0.15) is 11.8 Å². The zero-order chi connectivity index (χ0) is 13.8. The quantitative estimate of drug-likeness (QED) is 0.921. The Hall–Kier alpha value is -1.00. The van der Waals surface area contributed by atoms with Crippen molar-refractivity contribution < 1.29 is 4.79 Å². The molecule has 2 rings (SSSR count). The minimum Gasteiger partial charge on any atom is -0.334 e. The van der Waals surface area contributed by atoms with E-state index in [-0.39, 0.29) is 5.91 Å². The van der Waals surface area contributed by atoms with Crippen LogP contribution in [0, 0.1) is 0 Å².